The summed E-state index contributed by atoms with van der Waals surface area (Å²) in [6, 6.07) is 25.2. The zero-order valence-electron chi connectivity index (χ0n) is 18.1. The predicted molar refractivity (Wildman–Crippen MR) is 126 cm³/mol. The van der Waals surface area contributed by atoms with Crippen molar-refractivity contribution in [3.05, 3.63) is 101 Å². The van der Waals surface area contributed by atoms with Gasteiger partial charge in [-0.1, -0.05) is 72.8 Å². The molecule has 1 heterocycles. The van der Waals surface area contributed by atoms with Crippen molar-refractivity contribution in [1.29, 1.82) is 0 Å². The number of ether oxygens (including phenoxy) is 1. The topological polar surface area (TPSA) is 90.3 Å². The number of aromatic nitrogens is 2. The number of nitrogens with zero attached hydrogens (tertiary/aromatic N) is 2. The smallest absolute Gasteiger partial charge is 0.328 e. The van der Waals surface area contributed by atoms with E-state index >= 15 is 0 Å². The summed E-state index contributed by atoms with van der Waals surface area (Å²) < 4.78 is 5.94. The van der Waals surface area contributed by atoms with Gasteiger partial charge in [0.15, 0.2) is 0 Å². The van der Waals surface area contributed by atoms with Crippen molar-refractivity contribution in [3.63, 3.8) is 0 Å². The summed E-state index contributed by atoms with van der Waals surface area (Å²) in [5.41, 5.74) is 1.90. The molecule has 33 heavy (non-hydrogen) atoms. The standard InChI is InChI=1S/C26H23N3O4/c1-33-26(32)23(16-18-8-3-2-4-9-18)27-24(30)17-29-25(31)15-14-22(28-29)21-13-7-11-19-10-5-6-12-20(19)21/h2-15,23H,16-17H2,1H3,(H,27,30). The Balaban J connectivity index is 1.56. The number of hydrogen-bond acceptors (Lipinski definition) is 5. The molecule has 0 saturated carbocycles. The quantitative estimate of drug-likeness (QED) is 0.446. The Morgan fingerprint density at radius 1 is 0.939 bits per heavy atom. The Kier molecular flexibility index (Phi) is 6.59. The summed E-state index contributed by atoms with van der Waals surface area (Å²) >= 11 is 0. The number of carbonyl (C=O) groups is 2. The van der Waals surface area contributed by atoms with Crippen molar-refractivity contribution in [1.82, 2.24) is 15.1 Å². The zero-order chi connectivity index (χ0) is 23.2. The molecular weight excluding hydrogens is 418 g/mol. The Morgan fingerprint density at radius 3 is 2.45 bits per heavy atom. The molecule has 166 valence electrons. The van der Waals surface area contributed by atoms with Gasteiger partial charge in [-0.25, -0.2) is 9.48 Å². The van der Waals surface area contributed by atoms with Crippen LogP contribution in [0.4, 0.5) is 0 Å². The normalized spacial score (nSPS) is 11.7. The molecule has 3 aromatic carbocycles. The van der Waals surface area contributed by atoms with E-state index < -0.39 is 23.5 Å². The molecule has 0 aliphatic carbocycles. The number of carbonyl (C=O) groups excluding carboxylic acids is 2. The molecule has 1 amide bonds. The minimum Gasteiger partial charge on any atom is -0.467 e. The molecule has 0 saturated heterocycles. The van der Waals surface area contributed by atoms with Gasteiger partial charge in [0.05, 0.1) is 12.8 Å². The van der Waals surface area contributed by atoms with E-state index in [1.165, 1.54) is 13.2 Å². The number of hydrogen-bond donors (Lipinski definition) is 1. The maximum absolute atomic E-state index is 12.7. The lowest BCUT2D eigenvalue weighted by atomic mass is 10.0. The van der Waals surface area contributed by atoms with E-state index in [0.29, 0.717) is 5.69 Å². The maximum atomic E-state index is 12.7. The van der Waals surface area contributed by atoms with Crippen LogP contribution in [-0.4, -0.2) is 34.8 Å². The fraction of sp³-hybridized carbons (Fsp3) is 0.154. The second kappa shape index (κ2) is 9.91. The molecule has 1 atom stereocenters. The van der Waals surface area contributed by atoms with Crippen LogP contribution in [-0.2, 0) is 27.3 Å². The number of methoxy groups -OCH3 is 1. The van der Waals surface area contributed by atoms with Crippen molar-refractivity contribution < 1.29 is 14.3 Å². The van der Waals surface area contributed by atoms with Crippen molar-refractivity contribution in [3.8, 4) is 11.3 Å². The number of nitrogens with one attached hydrogen (secondary N) is 1. The van der Waals surface area contributed by atoms with Gasteiger partial charge in [0.25, 0.3) is 5.56 Å². The number of rotatable bonds is 7. The first-order valence-corrected chi connectivity index (χ1v) is 10.5. The first-order chi connectivity index (χ1) is 16.0. The van der Waals surface area contributed by atoms with E-state index in [9.17, 15) is 14.4 Å². The molecule has 1 unspecified atom stereocenters. The molecule has 1 aromatic heterocycles. The zero-order valence-corrected chi connectivity index (χ0v) is 18.1. The summed E-state index contributed by atoms with van der Waals surface area (Å²) in [6.07, 6.45) is 0.275. The highest BCUT2D eigenvalue weighted by Gasteiger charge is 2.22. The SMILES string of the molecule is COC(=O)C(Cc1ccccc1)NC(=O)Cn1nc(-c2cccc3ccccc23)ccc1=O. The molecule has 1 N–H and O–H groups in total. The van der Waals surface area contributed by atoms with Crippen LogP contribution in [0, 0.1) is 0 Å². The molecule has 0 aliphatic rings. The van der Waals surface area contributed by atoms with Gasteiger partial charge >= 0.3 is 5.97 Å². The Bertz CT molecular complexity index is 1340. The van der Waals surface area contributed by atoms with Crippen LogP contribution in [0.15, 0.2) is 89.7 Å². The summed E-state index contributed by atoms with van der Waals surface area (Å²) in [7, 11) is 1.27. The Labute approximate surface area is 190 Å². The lowest BCUT2D eigenvalue weighted by Crippen LogP contribution is -2.45. The van der Waals surface area contributed by atoms with Crippen LogP contribution >= 0.6 is 0 Å². The molecule has 7 heteroatoms. The molecule has 0 bridgehead atoms. The molecule has 0 radical (unpaired) electrons. The molecular formula is C26H23N3O4. The fourth-order valence-electron chi connectivity index (χ4n) is 3.72. The molecule has 0 fully saturated rings. The van der Waals surface area contributed by atoms with Gasteiger partial charge in [-0.2, -0.15) is 5.10 Å². The van der Waals surface area contributed by atoms with Crippen molar-refractivity contribution in [2.24, 2.45) is 0 Å². The summed E-state index contributed by atoms with van der Waals surface area (Å²) in [5.74, 6) is -1.07. The predicted octanol–water partition coefficient (Wildman–Crippen LogP) is 2.96. The fourth-order valence-corrected chi connectivity index (χ4v) is 3.72. The molecule has 0 aliphatic heterocycles. The van der Waals surface area contributed by atoms with Crippen molar-refractivity contribution >= 4 is 22.6 Å². The number of fused-ring (bicyclic) bond motifs is 1. The molecule has 0 spiro atoms. The lowest BCUT2D eigenvalue weighted by molar-refractivity contribution is -0.145. The van der Waals surface area contributed by atoms with Crippen LogP contribution in [0.1, 0.15) is 5.56 Å². The van der Waals surface area contributed by atoms with Crippen LogP contribution in [0.25, 0.3) is 22.0 Å². The van der Waals surface area contributed by atoms with Gasteiger partial charge in [-0.05, 0) is 22.4 Å². The summed E-state index contributed by atoms with van der Waals surface area (Å²) in [6.45, 7) is -0.320. The lowest BCUT2D eigenvalue weighted by Gasteiger charge is -2.17. The molecule has 4 aromatic rings. The number of amides is 1. The highest BCUT2D eigenvalue weighted by molar-refractivity contribution is 5.95. The van der Waals surface area contributed by atoms with E-state index in [2.05, 4.69) is 10.4 Å². The van der Waals surface area contributed by atoms with Gasteiger partial charge in [0, 0.05) is 18.1 Å². The van der Waals surface area contributed by atoms with Crippen LogP contribution in [0.5, 0.6) is 0 Å². The first-order valence-electron chi connectivity index (χ1n) is 10.5. The minimum absolute atomic E-state index is 0.275. The third kappa shape index (κ3) is 5.15. The monoisotopic (exact) mass is 441 g/mol. The van der Waals surface area contributed by atoms with Crippen molar-refractivity contribution in [2.75, 3.05) is 7.11 Å². The van der Waals surface area contributed by atoms with Crippen molar-refractivity contribution in [2.45, 2.75) is 19.0 Å². The highest BCUT2D eigenvalue weighted by atomic mass is 16.5. The Morgan fingerprint density at radius 2 is 1.67 bits per heavy atom. The van der Waals surface area contributed by atoms with Gasteiger partial charge in [0.2, 0.25) is 5.91 Å². The van der Waals surface area contributed by atoms with Gasteiger partial charge in [-0.3, -0.25) is 9.59 Å². The third-order valence-electron chi connectivity index (χ3n) is 5.33. The van der Waals surface area contributed by atoms with E-state index in [0.717, 1.165) is 26.6 Å². The van der Waals surface area contributed by atoms with Crippen LogP contribution in [0.3, 0.4) is 0 Å². The molecule has 4 rings (SSSR count). The van der Waals surface area contributed by atoms with Gasteiger partial charge in [-0.15, -0.1) is 0 Å². The first kappa shape index (κ1) is 22.0. The van der Waals surface area contributed by atoms with Gasteiger partial charge in [0.1, 0.15) is 12.6 Å². The second-order valence-electron chi connectivity index (χ2n) is 7.57. The summed E-state index contributed by atoms with van der Waals surface area (Å²) in [4.78, 5) is 37.3. The average Bonchev–Trinajstić information content (AvgIpc) is 2.85. The third-order valence-corrected chi connectivity index (χ3v) is 5.33. The molecule has 7 nitrogen and oxygen atoms in total. The number of benzene rings is 3. The minimum atomic E-state index is -0.873. The maximum Gasteiger partial charge on any atom is 0.328 e. The summed E-state index contributed by atoms with van der Waals surface area (Å²) in [5, 5.41) is 9.13. The van der Waals surface area contributed by atoms with E-state index in [-0.39, 0.29) is 13.0 Å². The van der Waals surface area contributed by atoms with E-state index in [1.54, 1.807) is 6.07 Å². The largest absolute Gasteiger partial charge is 0.467 e. The highest BCUT2D eigenvalue weighted by Crippen LogP contribution is 2.26. The van der Waals surface area contributed by atoms with Crippen LogP contribution in [0.2, 0.25) is 0 Å². The van der Waals surface area contributed by atoms with E-state index in [1.807, 2.05) is 72.8 Å². The van der Waals surface area contributed by atoms with Crippen LogP contribution < -0.4 is 10.9 Å². The average molecular weight is 441 g/mol. The van der Waals surface area contributed by atoms with Gasteiger partial charge < -0.3 is 10.1 Å². The number of esters is 1. The second-order valence-corrected chi connectivity index (χ2v) is 7.57. The van der Waals surface area contributed by atoms with E-state index in [4.69, 9.17) is 4.74 Å². The Hall–Kier alpha value is -4.26.